The molecule has 0 amide bonds. The molecule has 76 valence electrons. The van der Waals surface area contributed by atoms with E-state index in [1.165, 1.54) is 0 Å². The Labute approximate surface area is 82.7 Å². The van der Waals surface area contributed by atoms with Crippen molar-refractivity contribution in [2.24, 2.45) is 5.92 Å². The predicted molar refractivity (Wildman–Crippen MR) is 51.6 cm³/mol. The van der Waals surface area contributed by atoms with Gasteiger partial charge in [-0.1, -0.05) is 6.08 Å². The van der Waals surface area contributed by atoms with Crippen LogP contribution in [0, 0.1) is 5.92 Å². The fourth-order valence-electron chi connectivity index (χ4n) is 2.49. The smallest absolute Gasteiger partial charge is 0.187 e. The highest BCUT2D eigenvalue weighted by Gasteiger charge is 2.45. The fraction of sp³-hybridized carbons (Fsp3) is 0.545. The number of carbonyl (C=O) groups is 1. The first-order valence-corrected chi connectivity index (χ1v) is 4.91. The van der Waals surface area contributed by atoms with Crippen molar-refractivity contribution in [1.82, 2.24) is 0 Å². The number of aliphatic hydroxyl groups excluding tert-OH is 2. The second-order valence-electron chi connectivity index (χ2n) is 3.93. The van der Waals surface area contributed by atoms with E-state index in [9.17, 15) is 15.0 Å². The van der Waals surface area contributed by atoms with Gasteiger partial charge in [0.2, 0.25) is 0 Å². The number of Topliss-reactive ketones (excluding diaryl/α,β-unsaturated/α-hetero) is 1. The van der Waals surface area contributed by atoms with Gasteiger partial charge in [-0.2, -0.15) is 0 Å². The molecule has 0 aliphatic heterocycles. The van der Waals surface area contributed by atoms with Gasteiger partial charge in [-0.25, -0.2) is 0 Å². The number of carbonyl (C=O) groups excluding carboxylic acids is 1. The van der Waals surface area contributed by atoms with Crippen LogP contribution in [0.5, 0.6) is 0 Å². The van der Waals surface area contributed by atoms with Crippen LogP contribution in [0.2, 0.25) is 0 Å². The summed E-state index contributed by atoms with van der Waals surface area (Å²) in [6.07, 6.45) is 1.99. The highest BCUT2D eigenvalue weighted by Crippen LogP contribution is 2.42. The zero-order chi connectivity index (χ0) is 10.3. The Balaban J connectivity index is 2.33. The molecule has 0 fully saturated rings. The van der Waals surface area contributed by atoms with Gasteiger partial charge in [0.1, 0.15) is 6.10 Å². The van der Waals surface area contributed by atoms with Crippen molar-refractivity contribution in [3.05, 3.63) is 23.8 Å². The van der Waals surface area contributed by atoms with Crippen molar-refractivity contribution < 1.29 is 15.0 Å². The Morgan fingerprint density at radius 3 is 2.86 bits per heavy atom. The van der Waals surface area contributed by atoms with Crippen LogP contribution in [0.15, 0.2) is 23.8 Å². The Bertz CT molecular complexity index is 316. The van der Waals surface area contributed by atoms with Crippen LogP contribution in [-0.2, 0) is 4.79 Å². The van der Waals surface area contributed by atoms with E-state index >= 15 is 0 Å². The first-order valence-electron chi connectivity index (χ1n) is 4.91. The molecule has 0 aromatic carbocycles. The van der Waals surface area contributed by atoms with Crippen LogP contribution in [0.3, 0.4) is 0 Å². The van der Waals surface area contributed by atoms with Gasteiger partial charge < -0.3 is 10.2 Å². The van der Waals surface area contributed by atoms with Crippen LogP contribution < -0.4 is 0 Å². The quantitative estimate of drug-likeness (QED) is 0.632. The minimum Gasteiger partial charge on any atom is -0.389 e. The average Bonchev–Trinajstić information content (AvgIpc) is 2.63. The summed E-state index contributed by atoms with van der Waals surface area (Å²) in [7, 11) is 0. The number of hydrogen-bond donors (Lipinski definition) is 2. The summed E-state index contributed by atoms with van der Waals surface area (Å²) in [6.45, 7) is 3.60. The van der Waals surface area contributed by atoms with E-state index in [0.29, 0.717) is 24.8 Å². The highest BCUT2D eigenvalue weighted by molar-refractivity contribution is 6.03. The first kappa shape index (κ1) is 9.62. The van der Waals surface area contributed by atoms with Crippen molar-refractivity contribution in [1.29, 1.82) is 0 Å². The summed E-state index contributed by atoms with van der Waals surface area (Å²) >= 11 is 0. The number of aliphatic hydroxyl groups is 2. The molecule has 2 rings (SSSR count). The van der Waals surface area contributed by atoms with Crippen LogP contribution in [-0.4, -0.2) is 28.2 Å². The largest absolute Gasteiger partial charge is 0.389 e. The average molecular weight is 194 g/mol. The maximum atomic E-state index is 11.6. The maximum Gasteiger partial charge on any atom is 0.187 e. The molecule has 3 heteroatoms. The number of allylic oxidation sites excluding steroid dienone is 1. The molecule has 0 bridgehead atoms. The zero-order valence-corrected chi connectivity index (χ0v) is 7.94. The van der Waals surface area contributed by atoms with Crippen LogP contribution in [0.1, 0.15) is 19.3 Å². The number of hydrogen-bond acceptors (Lipinski definition) is 3. The third-order valence-corrected chi connectivity index (χ3v) is 3.14. The summed E-state index contributed by atoms with van der Waals surface area (Å²) < 4.78 is 0. The lowest BCUT2D eigenvalue weighted by Gasteiger charge is -2.18. The minimum absolute atomic E-state index is 0.191. The molecule has 0 saturated heterocycles. The lowest BCUT2D eigenvalue weighted by molar-refractivity contribution is -0.123. The van der Waals surface area contributed by atoms with Crippen LogP contribution in [0.4, 0.5) is 0 Å². The summed E-state index contributed by atoms with van der Waals surface area (Å²) in [5, 5.41) is 19.3. The molecule has 0 saturated carbocycles. The molecule has 3 nitrogen and oxygen atoms in total. The van der Waals surface area contributed by atoms with Gasteiger partial charge in [0, 0.05) is 11.5 Å². The molecule has 2 aliphatic rings. The standard InChI is InChI=1S/C11H14O3/c1-2-3-6-9-7(4-5-8(9)12)11(14)10(6)13/h2,6,8,10,12-13H,1,3-5H2/t6-,8+,10-/m1/s1. The van der Waals surface area contributed by atoms with E-state index in [4.69, 9.17) is 0 Å². The van der Waals surface area contributed by atoms with Crippen molar-refractivity contribution in [2.75, 3.05) is 0 Å². The van der Waals surface area contributed by atoms with Gasteiger partial charge in [0.05, 0.1) is 6.10 Å². The van der Waals surface area contributed by atoms with Crippen molar-refractivity contribution >= 4 is 5.78 Å². The minimum atomic E-state index is -0.951. The lowest BCUT2D eigenvalue weighted by atomic mass is 9.92. The fourth-order valence-corrected chi connectivity index (χ4v) is 2.49. The molecule has 0 aromatic rings. The van der Waals surface area contributed by atoms with E-state index in [2.05, 4.69) is 6.58 Å². The van der Waals surface area contributed by atoms with E-state index in [1.54, 1.807) is 6.08 Å². The zero-order valence-electron chi connectivity index (χ0n) is 7.94. The van der Waals surface area contributed by atoms with Gasteiger partial charge in [-0.05, 0) is 24.8 Å². The van der Waals surface area contributed by atoms with E-state index in [-0.39, 0.29) is 11.7 Å². The van der Waals surface area contributed by atoms with Gasteiger partial charge in [-0.15, -0.1) is 6.58 Å². The van der Waals surface area contributed by atoms with Gasteiger partial charge in [-0.3, -0.25) is 4.79 Å². The second-order valence-corrected chi connectivity index (χ2v) is 3.93. The summed E-state index contributed by atoms with van der Waals surface area (Å²) in [5.41, 5.74) is 1.43. The van der Waals surface area contributed by atoms with Gasteiger partial charge in [0.25, 0.3) is 0 Å². The Hall–Kier alpha value is -0.930. The molecule has 0 unspecified atom stereocenters. The normalized spacial score (nSPS) is 36.4. The molecule has 0 aromatic heterocycles. The maximum absolute atomic E-state index is 11.6. The van der Waals surface area contributed by atoms with E-state index in [1.807, 2.05) is 0 Å². The van der Waals surface area contributed by atoms with Crippen molar-refractivity contribution in [3.63, 3.8) is 0 Å². The van der Waals surface area contributed by atoms with Gasteiger partial charge in [0.15, 0.2) is 5.78 Å². The van der Waals surface area contributed by atoms with E-state index in [0.717, 1.165) is 5.57 Å². The molecule has 14 heavy (non-hydrogen) atoms. The Morgan fingerprint density at radius 2 is 2.21 bits per heavy atom. The van der Waals surface area contributed by atoms with Crippen LogP contribution >= 0.6 is 0 Å². The molecule has 0 radical (unpaired) electrons. The summed E-state index contributed by atoms with van der Waals surface area (Å²) in [5.74, 6) is -0.420. The molecular weight excluding hydrogens is 180 g/mol. The summed E-state index contributed by atoms with van der Waals surface area (Å²) in [4.78, 5) is 11.6. The number of ketones is 1. The van der Waals surface area contributed by atoms with Crippen LogP contribution in [0.25, 0.3) is 0 Å². The first-order chi connectivity index (χ1) is 6.66. The predicted octanol–water partition coefficient (Wildman–Crippen LogP) is 0.574. The monoisotopic (exact) mass is 194 g/mol. The second kappa shape index (κ2) is 3.33. The topological polar surface area (TPSA) is 57.5 Å². The molecule has 2 aliphatic carbocycles. The molecule has 2 N–H and O–H groups in total. The van der Waals surface area contributed by atoms with E-state index < -0.39 is 12.2 Å². The lowest BCUT2D eigenvalue weighted by Crippen LogP contribution is -2.27. The summed E-state index contributed by atoms with van der Waals surface area (Å²) in [6, 6.07) is 0. The Morgan fingerprint density at radius 1 is 1.50 bits per heavy atom. The van der Waals surface area contributed by atoms with Crippen molar-refractivity contribution in [3.8, 4) is 0 Å². The van der Waals surface area contributed by atoms with Gasteiger partial charge >= 0.3 is 0 Å². The molecule has 3 atom stereocenters. The molecular formula is C11H14O3. The van der Waals surface area contributed by atoms with Crippen molar-refractivity contribution in [2.45, 2.75) is 31.5 Å². The number of rotatable bonds is 2. The molecule has 0 spiro atoms. The third kappa shape index (κ3) is 1.16. The third-order valence-electron chi connectivity index (χ3n) is 3.14. The SMILES string of the molecule is C=CC[C@@H]1C2=C(CC[C@@H]2O)C(=O)[C@@H]1O. The Kier molecular flexibility index (Phi) is 2.29. The molecule has 0 heterocycles. The highest BCUT2D eigenvalue weighted by atomic mass is 16.3.